The van der Waals surface area contributed by atoms with E-state index in [4.69, 9.17) is 14.2 Å². The highest BCUT2D eigenvalue weighted by molar-refractivity contribution is 5.70. The van der Waals surface area contributed by atoms with Crippen molar-refractivity contribution in [3.63, 3.8) is 0 Å². The first kappa shape index (κ1) is 27.6. The molecule has 0 amide bonds. The highest BCUT2D eigenvalue weighted by atomic mass is 16.7. The molecule has 0 saturated carbocycles. The van der Waals surface area contributed by atoms with Crippen LogP contribution >= 0.6 is 0 Å². The van der Waals surface area contributed by atoms with E-state index in [0.29, 0.717) is 0 Å². The summed E-state index contributed by atoms with van der Waals surface area (Å²) in [6.45, 7) is 5.47. The lowest BCUT2D eigenvalue weighted by atomic mass is 9.82. The second-order valence-corrected chi connectivity index (χ2v) is 9.82. The van der Waals surface area contributed by atoms with Crippen molar-refractivity contribution < 1.29 is 23.8 Å². The average Bonchev–Trinajstić information content (AvgIpc) is 2.96. The molecule has 4 rings (SSSR count). The smallest absolute Gasteiger partial charge is 0.463 e. The van der Waals surface area contributed by atoms with Crippen LogP contribution in [0.1, 0.15) is 55.9 Å². The fraction of sp³-hybridized carbons (Fsp3) is 0.235. The molecule has 0 aliphatic carbocycles. The van der Waals surface area contributed by atoms with Crippen LogP contribution in [0.5, 0.6) is 0 Å². The number of carbonyl (C=O) groups is 2. The maximum Gasteiger partial charge on any atom is 0.510 e. The van der Waals surface area contributed by atoms with E-state index in [1.165, 1.54) is 0 Å². The van der Waals surface area contributed by atoms with Crippen molar-refractivity contribution in [3.8, 4) is 0 Å². The Morgan fingerprint density at radius 3 is 1.38 bits per heavy atom. The van der Waals surface area contributed by atoms with Crippen LogP contribution in [-0.2, 0) is 30.2 Å². The van der Waals surface area contributed by atoms with Gasteiger partial charge in [0.05, 0.1) is 12.5 Å². The van der Waals surface area contributed by atoms with Gasteiger partial charge in [0.1, 0.15) is 0 Å². The summed E-state index contributed by atoms with van der Waals surface area (Å²) in [5.74, 6) is -0.364. The zero-order valence-electron chi connectivity index (χ0n) is 22.6. The van der Waals surface area contributed by atoms with Gasteiger partial charge in [-0.2, -0.15) is 0 Å². The highest BCUT2D eigenvalue weighted by Crippen LogP contribution is 2.41. The molecule has 0 fully saturated rings. The van der Waals surface area contributed by atoms with Crippen LogP contribution in [0.3, 0.4) is 0 Å². The van der Waals surface area contributed by atoms with Crippen LogP contribution in [0, 0.1) is 0 Å². The summed E-state index contributed by atoms with van der Waals surface area (Å²) in [4.78, 5) is 26.5. The van der Waals surface area contributed by atoms with E-state index >= 15 is 0 Å². The van der Waals surface area contributed by atoms with Crippen LogP contribution in [0.25, 0.3) is 0 Å². The lowest BCUT2D eigenvalue weighted by molar-refractivity contribution is -0.149. The Morgan fingerprint density at radius 2 is 1.00 bits per heavy atom. The van der Waals surface area contributed by atoms with Crippen molar-refractivity contribution in [3.05, 3.63) is 144 Å². The SMILES string of the molecule is CC(C)OC(=O)CCC(OC(=O)OC(C)(c1ccccc1)c1ccccc1)(c1ccccc1)c1ccccc1. The summed E-state index contributed by atoms with van der Waals surface area (Å²) >= 11 is 0. The molecule has 0 bridgehead atoms. The Labute approximate surface area is 230 Å². The van der Waals surface area contributed by atoms with Crippen molar-refractivity contribution in [2.75, 3.05) is 0 Å². The van der Waals surface area contributed by atoms with Crippen molar-refractivity contribution in [1.82, 2.24) is 0 Å². The third-order valence-electron chi connectivity index (χ3n) is 6.72. The summed E-state index contributed by atoms with van der Waals surface area (Å²) in [6, 6.07) is 38.0. The van der Waals surface area contributed by atoms with Gasteiger partial charge in [0.15, 0.2) is 11.2 Å². The minimum absolute atomic E-state index is 0.0455. The normalized spacial score (nSPS) is 11.6. The topological polar surface area (TPSA) is 61.8 Å². The summed E-state index contributed by atoms with van der Waals surface area (Å²) in [5, 5.41) is 0. The van der Waals surface area contributed by atoms with E-state index in [0.717, 1.165) is 22.3 Å². The molecule has 0 spiro atoms. The molecular weight excluding hydrogens is 488 g/mol. The molecule has 0 aliphatic rings. The Morgan fingerprint density at radius 1 is 0.615 bits per heavy atom. The molecule has 39 heavy (non-hydrogen) atoms. The fourth-order valence-corrected chi connectivity index (χ4v) is 4.77. The summed E-state index contributed by atoms with van der Waals surface area (Å²) in [6.07, 6.45) is -0.877. The van der Waals surface area contributed by atoms with Gasteiger partial charge in [-0.25, -0.2) is 4.79 Å². The summed E-state index contributed by atoms with van der Waals surface area (Å²) in [7, 11) is 0. The second kappa shape index (κ2) is 12.4. The monoisotopic (exact) mass is 522 g/mol. The van der Waals surface area contributed by atoms with Gasteiger partial charge in [0, 0.05) is 17.5 Å². The zero-order chi connectivity index (χ0) is 27.7. The molecule has 0 saturated heterocycles. The third kappa shape index (κ3) is 6.55. The molecule has 0 aromatic heterocycles. The largest absolute Gasteiger partial charge is 0.510 e. The predicted octanol–water partition coefficient (Wildman–Crippen LogP) is 7.78. The minimum atomic E-state index is -1.29. The molecule has 4 aromatic rings. The number of benzene rings is 4. The highest BCUT2D eigenvalue weighted by Gasteiger charge is 2.42. The lowest BCUT2D eigenvalue weighted by Gasteiger charge is -2.36. The predicted molar refractivity (Wildman–Crippen MR) is 151 cm³/mol. The van der Waals surface area contributed by atoms with E-state index in [2.05, 4.69) is 0 Å². The molecule has 4 aromatic carbocycles. The van der Waals surface area contributed by atoms with Crippen molar-refractivity contribution in [1.29, 1.82) is 0 Å². The molecule has 0 unspecified atom stereocenters. The fourth-order valence-electron chi connectivity index (χ4n) is 4.77. The summed E-state index contributed by atoms with van der Waals surface area (Å²) in [5.41, 5.74) is 0.662. The standard InChI is InChI=1S/C34H34O5/c1-26(2)37-31(35)24-25-34(29-20-12-6-13-21-29,30-22-14-7-15-23-30)39-32(36)38-33(3,27-16-8-4-9-17-27)28-18-10-5-11-19-28/h4-23,26H,24-25H2,1-3H3. The quantitative estimate of drug-likeness (QED) is 0.199. The Balaban J connectivity index is 1.75. The number of ether oxygens (including phenoxy) is 3. The van der Waals surface area contributed by atoms with Gasteiger partial charge >= 0.3 is 12.1 Å². The maximum atomic E-state index is 13.8. The average molecular weight is 523 g/mol. The molecule has 0 heterocycles. The van der Waals surface area contributed by atoms with E-state index in [1.807, 2.05) is 128 Å². The van der Waals surface area contributed by atoms with E-state index in [-0.39, 0.29) is 24.9 Å². The van der Waals surface area contributed by atoms with Gasteiger partial charge < -0.3 is 14.2 Å². The number of rotatable bonds is 10. The Bertz CT molecular complexity index is 1260. The van der Waals surface area contributed by atoms with Crippen LogP contribution in [-0.4, -0.2) is 18.2 Å². The lowest BCUT2D eigenvalue weighted by Crippen LogP contribution is -2.38. The molecule has 0 atom stereocenters. The van der Waals surface area contributed by atoms with Gasteiger partial charge in [-0.05, 0) is 31.9 Å². The Hall–Kier alpha value is -4.38. The number of esters is 1. The van der Waals surface area contributed by atoms with E-state index < -0.39 is 17.4 Å². The molecule has 200 valence electrons. The first-order valence-electron chi connectivity index (χ1n) is 13.2. The van der Waals surface area contributed by atoms with Crippen LogP contribution in [0.2, 0.25) is 0 Å². The van der Waals surface area contributed by atoms with Crippen LogP contribution < -0.4 is 0 Å². The van der Waals surface area contributed by atoms with E-state index in [9.17, 15) is 9.59 Å². The third-order valence-corrected chi connectivity index (χ3v) is 6.72. The minimum Gasteiger partial charge on any atom is -0.463 e. The first-order valence-corrected chi connectivity index (χ1v) is 13.2. The zero-order valence-corrected chi connectivity index (χ0v) is 22.6. The maximum absolute atomic E-state index is 13.8. The van der Waals surface area contributed by atoms with Gasteiger partial charge in [-0.1, -0.05) is 121 Å². The van der Waals surface area contributed by atoms with Gasteiger partial charge in [0.2, 0.25) is 0 Å². The summed E-state index contributed by atoms with van der Waals surface area (Å²) < 4.78 is 17.9. The molecule has 5 heteroatoms. The van der Waals surface area contributed by atoms with Crippen molar-refractivity contribution in [2.45, 2.75) is 50.9 Å². The first-order chi connectivity index (χ1) is 18.8. The van der Waals surface area contributed by atoms with Crippen LogP contribution in [0.15, 0.2) is 121 Å². The number of carbonyl (C=O) groups excluding carboxylic acids is 2. The molecular formula is C34H34O5. The number of hydrogen-bond donors (Lipinski definition) is 0. The van der Waals surface area contributed by atoms with Crippen molar-refractivity contribution >= 4 is 12.1 Å². The Kier molecular flexibility index (Phi) is 8.82. The molecule has 0 radical (unpaired) electrons. The second-order valence-electron chi connectivity index (χ2n) is 9.82. The van der Waals surface area contributed by atoms with Gasteiger partial charge in [-0.3, -0.25) is 4.79 Å². The molecule has 0 N–H and O–H groups in total. The van der Waals surface area contributed by atoms with Gasteiger partial charge in [0.25, 0.3) is 0 Å². The number of hydrogen-bond acceptors (Lipinski definition) is 5. The van der Waals surface area contributed by atoms with Gasteiger partial charge in [-0.15, -0.1) is 0 Å². The van der Waals surface area contributed by atoms with E-state index in [1.54, 1.807) is 13.8 Å². The van der Waals surface area contributed by atoms with Crippen molar-refractivity contribution in [2.24, 2.45) is 0 Å². The molecule has 5 nitrogen and oxygen atoms in total. The molecule has 0 aliphatic heterocycles. The van der Waals surface area contributed by atoms with Crippen LogP contribution in [0.4, 0.5) is 4.79 Å².